The average molecular weight is 188 g/mol. The third-order valence-corrected chi connectivity index (χ3v) is 1.53. The molecule has 1 unspecified atom stereocenters. The van der Waals surface area contributed by atoms with Crippen LogP contribution < -0.4 is 10.6 Å². The fourth-order valence-electron chi connectivity index (χ4n) is 0.634. The molecule has 0 heterocycles. The average Bonchev–Trinajstić information content (AvgIpc) is 2.10. The van der Waals surface area contributed by atoms with E-state index in [1.807, 2.05) is 6.92 Å². The summed E-state index contributed by atoms with van der Waals surface area (Å²) in [5.41, 5.74) is 0. The number of rotatable bonds is 5. The molecule has 5 nitrogen and oxygen atoms in total. The van der Waals surface area contributed by atoms with Crippen LogP contribution in [-0.2, 0) is 4.79 Å². The van der Waals surface area contributed by atoms with Gasteiger partial charge in [0, 0.05) is 13.1 Å². The number of aliphatic carboxylic acids is 1. The second-order valence-corrected chi connectivity index (χ2v) is 2.88. The number of hydrogen-bond acceptors (Lipinski definition) is 2. The van der Waals surface area contributed by atoms with Crippen LogP contribution in [0.2, 0.25) is 0 Å². The summed E-state index contributed by atoms with van der Waals surface area (Å²) in [7, 11) is 0. The number of carbonyl (C=O) groups excluding carboxylic acids is 1. The summed E-state index contributed by atoms with van der Waals surface area (Å²) in [6.07, 6.45) is 0.863. The molecule has 2 amide bonds. The van der Waals surface area contributed by atoms with Crippen LogP contribution in [0.25, 0.3) is 0 Å². The van der Waals surface area contributed by atoms with E-state index < -0.39 is 11.9 Å². The van der Waals surface area contributed by atoms with Crippen molar-refractivity contribution in [3.63, 3.8) is 0 Å². The summed E-state index contributed by atoms with van der Waals surface area (Å²) < 4.78 is 0. The lowest BCUT2D eigenvalue weighted by molar-refractivity contribution is -0.140. The van der Waals surface area contributed by atoms with Crippen molar-refractivity contribution in [1.82, 2.24) is 10.6 Å². The van der Waals surface area contributed by atoms with Crippen LogP contribution in [0.15, 0.2) is 0 Å². The van der Waals surface area contributed by atoms with Gasteiger partial charge in [0.25, 0.3) is 0 Å². The second-order valence-electron chi connectivity index (χ2n) is 2.88. The van der Waals surface area contributed by atoms with Crippen LogP contribution in [-0.4, -0.2) is 30.2 Å². The molecule has 0 radical (unpaired) electrons. The van der Waals surface area contributed by atoms with Crippen molar-refractivity contribution in [3.8, 4) is 0 Å². The third kappa shape index (κ3) is 5.95. The standard InChI is InChI=1S/C8H16N2O3/c1-3-4-9-8(13)10-5-6(2)7(11)12/h6H,3-5H2,1-2H3,(H,11,12)(H2,9,10,13). The molecule has 0 aromatic carbocycles. The fraction of sp³-hybridized carbons (Fsp3) is 0.750. The normalized spacial score (nSPS) is 11.8. The second kappa shape index (κ2) is 6.28. The van der Waals surface area contributed by atoms with Gasteiger partial charge in [0.05, 0.1) is 5.92 Å². The van der Waals surface area contributed by atoms with Crippen LogP contribution in [0.4, 0.5) is 4.79 Å². The Balaban J connectivity index is 3.52. The minimum atomic E-state index is -0.907. The molecule has 3 N–H and O–H groups in total. The summed E-state index contributed by atoms with van der Waals surface area (Å²) in [5.74, 6) is -1.46. The van der Waals surface area contributed by atoms with Crippen LogP contribution in [0, 0.1) is 5.92 Å². The summed E-state index contributed by atoms with van der Waals surface area (Å²) in [4.78, 5) is 21.3. The van der Waals surface area contributed by atoms with Gasteiger partial charge < -0.3 is 15.7 Å². The Bertz CT molecular complexity index is 182. The molecule has 0 fully saturated rings. The van der Waals surface area contributed by atoms with Gasteiger partial charge in [-0.25, -0.2) is 4.79 Å². The molecular formula is C8H16N2O3. The first-order valence-corrected chi connectivity index (χ1v) is 4.32. The first-order valence-electron chi connectivity index (χ1n) is 4.32. The highest BCUT2D eigenvalue weighted by atomic mass is 16.4. The molecule has 0 saturated carbocycles. The number of hydrogen-bond donors (Lipinski definition) is 3. The number of nitrogens with one attached hydrogen (secondary N) is 2. The van der Waals surface area contributed by atoms with Gasteiger partial charge in [0.2, 0.25) is 0 Å². The molecular weight excluding hydrogens is 172 g/mol. The molecule has 1 atom stereocenters. The quantitative estimate of drug-likeness (QED) is 0.585. The number of carboxylic acid groups (broad SMARTS) is 1. The molecule has 0 aromatic rings. The van der Waals surface area contributed by atoms with E-state index in [1.165, 1.54) is 0 Å². The minimum absolute atomic E-state index is 0.158. The Labute approximate surface area is 77.5 Å². The Hall–Kier alpha value is -1.26. The number of amides is 2. The minimum Gasteiger partial charge on any atom is -0.481 e. The first kappa shape index (κ1) is 11.7. The van der Waals surface area contributed by atoms with Crippen molar-refractivity contribution in [2.24, 2.45) is 5.92 Å². The van der Waals surface area contributed by atoms with E-state index in [0.29, 0.717) is 6.54 Å². The van der Waals surface area contributed by atoms with Crippen LogP contribution >= 0.6 is 0 Å². The maximum absolute atomic E-state index is 10.9. The van der Waals surface area contributed by atoms with Gasteiger partial charge in [-0.15, -0.1) is 0 Å². The monoisotopic (exact) mass is 188 g/mol. The number of carbonyl (C=O) groups is 2. The Morgan fingerprint density at radius 2 is 2.00 bits per heavy atom. The van der Waals surface area contributed by atoms with Crippen molar-refractivity contribution in [2.45, 2.75) is 20.3 Å². The van der Waals surface area contributed by atoms with Crippen LogP contribution in [0.1, 0.15) is 20.3 Å². The summed E-state index contributed by atoms with van der Waals surface area (Å²) >= 11 is 0. The Morgan fingerprint density at radius 3 is 2.46 bits per heavy atom. The Kier molecular flexibility index (Phi) is 5.67. The molecule has 13 heavy (non-hydrogen) atoms. The largest absolute Gasteiger partial charge is 0.481 e. The molecule has 0 aliphatic rings. The number of carboxylic acids is 1. The molecule has 0 aromatic heterocycles. The van der Waals surface area contributed by atoms with E-state index in [-0.39, 0.29) is 12.6 Å². The zero-order chi connectivity index (χ0) is 10.3. The van der Waals surface area contributed by atoms with Crippen molar-refractivity contribution in [2.75, 3.05) is 13.1 Å². The van der Waals surface area contributed by atoms with Gasteiger partial charge in [-0.1, -0.05) is 13.8 Å². The van der Waals surface area contributed by atoms with E-state index in [4.69, 9.17) is 5.11 Å². The number of urea groups is 1. The topological polar surface area (TPSA) is 78.4 Å². The maximum atomic E-state index is 10.9. The van der Waals surface area contributed by atoms with E-state index in [9.17, 15) is 9.59 Å². The van der Waals surface area contributed by atoms with Crippen molar-refractivity contribution >= 4 is 12.0 Å². The molecule has 0 spiro atoms. The van der Waals surface area contributed by atoms with Crippen LogP contribution in [0.3, 0.4) is 0 Å². The van der Waals surface area contributed by atoms with Gasteiger partial charge in [-0.3, -0.25) is 4.79 Å². The van der Waals surface area contributed by atoms with Crippen molar-refractivity contribution < 1.29 is 14.7 Å². The zero-order valence-electron chi connectivity index (χ0n) is 7.96. The molecule has 0 rings (SSSR count). The predicted molar refractivity (Wildman–Crippen MR) is 48.5 cm³/mol. The van der Waals surface area contributed by atoms with Gasteiger partial charge in [0.15, 0.2) is 0 Å². The Morgan fingerprint density at radius 1 is 1.38 bits per heavy atom. The van der Waals surface area contributed by atoms with Gasteiger partial charge in [-0.2, -0.15) is 0 Å². The third-order valence-electron chi connectivity index (χ3n) is 1.53. The first-order chi connectivity index (χ1) is 6.07. The van der Waals surface area contributed by atoms with E-state index in [2.05, 4.69) is 10.6 Å². The molecule has 0 aliphatic carbocycles. The van der Waals surface area contributed by atoms with Crippen molar-refractivity contribution in [1.29, 1.82) is 0 Å². The maximum Gasteiger partial charge on any atom is 0.314 e. The lowest BCUT2D eigenvalue weighted by Crippen LogP contribution is -2.39. The molecule has 0 aliphatic heterocycles. The zero-order valence-corrected chi connectivity index (χ0v) is 7.96. The van der Waals surface area contributed by atoms with E-state index >= 15 is 0 Å². The predicted octanol–water partition coefficient (Wildman–Crippen LogP) is 0.416. The van der Waals surface area contributed by atoms with Crippen LogP contribution in [0.5, 0.6) is 0 Å². The van der Waals surface area contributed by atoms with Gasteiger partial charge in [0.1, 0.15) is 0 Å². The summed E-state index contributed by atoms with van der Waals surface area (Å²) in [6.45, 7) is 4.25. The van der Waals surface area contributed by atoms with Gasteiger partial charge in [-0.05, 0) is 6.42 Å². The lowest BCUT2D eigenvalue weighted by Gasteiger charge is -2.08. The van der Waals surface area contributed by atoms with E-state index in [0.717, 1.165) is 6.42 Å². The highest BCUT2D eigenvalue weighted by molar-refractivity contribution is 5.75. The SMILES string of the molecule is CCCNC(=O)NCC(C)C(=O)O. The smallest absolute Gasteiger partial charge is 0.314 e. The highest BCUT2D eigenvalue weighted by Gasteiger charge is 2.11. The molecule has 0 saturated heterocycles. The summed E-state index contributed by atoms with van der Waals surface area (Å²) in [6, 6.07) is -0.310. The van der Waals surface area contributed by atoms with Gasteiger partial charge >= 0.3 is 12.0 Å². The lowest BCUT2D eigenvalue weighted by atomic mass is 10.2. The molecule has 76 valence electrons. The summed E-state index contributed by atoms with van der Waals surface area (Å²) in [5, 5.41) is 13.6. The fourth-order valence-corrected chi connectivity index (χ4v) is 0.634. The van der Waals surface area contributed by atoms with E-state index in [1.54, 1.807) is 6.92 Å². The molecule has 0 bridgehead atoms. The van der Waals surface area contributed by atoms with Crippen molar-refractivity contribution in [3.05, 3.63) is 0 Å². The highest BCUT2D eigenvalue weighted by Crippen LogP contribution is 1.90. The molecule has 5 heteroatoms.